The topological polar surface area (TPSA) is 66.9 Å². The van der Waals surface area contributed by atoms with Gasteiger partial charge in [-0.15, -0.1) is 10.2 Å². The van der Waals surface area contributed by atoms with Crippen molar-refractivity contribution in [3.8, 4) is 0 Å². The van der Waals surface area contributed by atoms with Crippen LogP contribution in [0.5, 0.6) is 0 Å². The van der Waals surface area contributed by atoms with Crippen molar-refractivity contribution in [1.29, 1.82) is 0 Å². The summed E-state index contributed by atoms with van der Waals surface area (Å²) in [4.78, 5) is 12.2. The molecule has 0 saturated heterocycles. The molecule has 3 atom stereocenters. The van der Waals surface area contributed by atoms with Gasteiger partial charge in [-0.05, 0) is 43.7 Å². The Balaban J connectivity index is 1.95. The number of nitrogens with one attached hydrogen (secondary N) is 2. The largest absolute Gasteiger partial charge is 0.369 e. The van der Waals surface area contributed by atoms with E-state index in [4.69, 9.17) is 0 Å². The molecule has 1 fully saturated rings. The molecule has 1 aromatic rings. The molecule has 5 heteroatoms. The van der Waals surface area contributed by atoms with Gasteiger partial charge in [0.2, 0.25) is 0 Å². The molecule has 20 heavy (non-hydrogen) atoms. The van der Waals surface area contributed by atoms with E-state index in [-0.39, 0.29) is 11.9 Å². The highest BCUT2D eigenvalue weighted by atomic mass is 16.2. The zero-order valence-electron chi connectivity index (χ0n) is 12.5. The second-order valence-corrected chi connectivity index (χ2v) is 5.52. The van der Waals surface area contributed by atoms with Crippen LogP contribution in [0.3, 0.4) is 0 Å². The minimum atomic E-state index is -0.117. The molecule has 1 heterocycles. The van der Waals surface area contributed by atoms with Crippen molar-refractivity contribution in [2.75, 3.05) is 11.9 Å². The Morgan fingerprint density at radius 1 is 1.30 bits per heavy atom. The van der Waals surface area contributed by atoms with Crippen molar-refractivity contribution in [3.05, 3.63) is 17.8 Å². The molecule has 0 aromatic carbocycles. The minimum Gasteiger partial charge on any atom is -0.369 e. The van der Waals surface area contributed by atoms with Gasteiger partial charge in [0.05, 0.1) is 0 Å². The quantitative estimate of drug-likeness (QED) is 0.867. The molecular weight excluding hydrogens is 252 g/mol. The number of hydrogen-bond donors (Lipinski definition) is 2. The lowest BCUT2D eigenvalue weighted by Crippen LogP contribution is -2.38. The summed E-state index contributed by atoms with van der Waals surface area (Å²) >= 11 is 0. The van der Waals surface area contributed by atoms with Gasteiger partial charge in [-0.3, -0.25) is 4.79 Å². The molecule has 0 bridgehead atoms. The van der Waals surface area contributed by atoms with Gasteiger partial charge < -0.3 is 10.6 Å². The second kappa shape index (κ2) is 6.68. The van der Waals surface area contributed by atoms with E-state index < -0.39 is 0 Å². The van der Waals surface area contributed by atoms with E-state index in [2.05, 4.69) is 34.7 Å². The Morgan fingerprint density at radius 2 is 2.10 bits per heavy atom. The van der Waals surface area contributed by atoms with Gasteiger partial charge in [0, 0.05) is 12.6 Å². The Kier molecular flexibility index (Phi) is 4.93. The third-order valence-corrected chi connectivity index (χ3v) is 4.32. The van der Waals surface area contributed by atoms with Crippen molar-refractivity contribution >= 4 is 11.7 Å². The maximum Gasteiger partial charge on any atom is 0.272 e. The predicted molar refractivity (Wildman–Crippen MR) is 79.6 cm³/mol. The number of aromatic nitrogens is 2. The van der Waals surface area contributed by atoms with Crippen LogP contribution >= 0.6 is 0 Å². The number of rotatable bonds is 5. The van der Waals surface area contributed by atoms with Gasteiger partial charge in [0.1, 0.15) is 5.82 Å². The number of nitrogens with zero attached hydrogens (tertiary/aromatic N) is 2. The fourth-order valence-electron chi connectivity index (χ4n) is 3.00. The van der Waals surface area contributed by atoms with Crippen LogP contribution < -0.4 is 10.6 Å². The van der Waals surface area contributed by atoms with Gasteiger partial charge in [0.15, 0.2) is 5.69 Å². The lowest BCUT2D eigenvalue weighted by Gasteiger charge is -2.20. The van der Waals surface area contributed by atoms with Crippen LogP contribution in [0.15, 0.2) is 12.1 Å². The van der Waals surface area contributed by atoms with Crippen LogP contribution in [0.1, 0.15) is 50.5 Å². The Morgan fingerprint density at radius 3 is 2.65 bits per heavy atom. The molecule has 0 radical (unpaired) electrons. The van der Waals surface area contributed by atoms with Crippen LogP contribution in [0.2, 0.25) is 0 Å². The van der Waals surface area contributed by atoms with Crippen molar-refractivity contribution in [3.63, 3.8) is 0 Å². The zero-order chi connectivity index (χ0) is 14.5. The monoisotopic (exact) mass is 276 g/mol. The third kappa shape index (κ3) is 3.26. The number of carbonyl (C=O) groups excluding carboxylic acids is 1. The lowest BCUT2D eigenvalue weighted by atomic mass is 9.93. The molecule has 1 aliphatic rings. The molecular formula is C15H24N4O. The van der Waals surface area contributed by atoms with Crippen LogP contribution in [0.25, 0.3) is 0 Å². The molecule has 2 N–H and O–H groups in total. The maximum absolute atomic E-state index is 12.2. The lowest BCUT2D eigenvalue weighted by molar-refractivity contribution is 0.0920. The average molecular weight is 276 g/mol. The van der Waals surface area contributed by atoms with Crippen LogP contribution in [0.4, 0.5) is 5.82 Å². The molecule has 1 aromatic heterocycles. The normalized spacial score (nSPS) is 25.4. The molecule has 0 aliphatic heterocycles. The number of carbonyl (C=O) groups is 1. The molecule has 5 nitrogen and oxygen atoms in total. The summed E-state index contributed by atoms with van der Waals surface area (Å²) in [7, 11) is 0. The molecule has 1 aliphatic carbocycles. The molecule has 2 rings (SSSR count). The molecule has 1 amide bonds. The first-order chi connectivity index (χ1) is 9.65. The smallest absolute Gasteiger partial charge is 0.272 e. The summed E-state index contributed by atoms with van der Waals surface area (Å²) in [5, 5.41) is 14.1. The second-order valence-electron chi connectivity index (χ2n) is 5.52. The summed E-state index contributed by atoms with van der Waals surface area (Å²) in [6.07, 6.45) is 3.45. The number of amides is 1. The van der Waals surface area contributed by atoms with Crippen LogP contribution in [0, 0.1) is 11.8 Å². The van der Waals surface area contributed by atoms with Crippen LogP contribution in [-0.4, -0.2) is 28.7 Å². The third-order valence-electron chi connectivity index (χ3n) is 4.32. The number of anilines is 1. The van der Waals surface area contributed by atoms with E-state index in [9.17, 15) is 4.79 Å². The summed E-state index contributed by atoms with van der Waals surface area (Å²) in [5.74, 6) is 1.85. The minimum absolute atomic E-state index is 0.117. The van der Waals surface area contributed by atoms with Crippen molar-refractivity contribution < 1.29 is 4.79 Å². The Bertz CT molecular complexity index is 446. The summed E-state index contributed by atoms with van der Waals surface area (Å²) in [6, 6.07) is 3.78. The molecule has 3 unspecified atom stereocenters. The van der Waals surface area contributed by atoms with Gasteiger partial charge in [-0.25, -0.2) is 0 Å². The highest BCUT2D eigenvalue weighted by Gasteiger charge is 2.32. The first-order valence-corrected chi connectivity index (χ1v) is 7.54. The average Bonchev–Trinajstić information content (AvgIpc) is 2.80. The van der Waals surface area contributed by atoms with E-state index in [1.807, 2.05) is 6.92 Å². The highest BCUT2D eigenvalue weighted by molar-refractivity contribution is 5.92. The van der Waals surface area contributed by atoms with E-state index in [0.717, 1.165) is 18.9 Å². The molecule has 1 saturated carbocycles. The van der Waals surface area contributed by atoms with Crippen molar-refractivity contribution in [1.82, 2.24) is 15.5 Å². The predicted octanol–water partition coefficient (Wildman–Crippen LogP) is 2.46. The standard InChI is InChI=1S/C15H24N4O/c1-4-11-6-7-12(10(11)3)17-15(20)13-8-9-14(16-5-2)19-18-13/h8-12H,4-7H2,1-3H3,(H,16,19)(H,17,20). The Labute approximate surface area is 120 Å². The van der Waals surface area contributed by atoms with E-state index in [1.165, 1.54) is 12.8 Å². The maximum atomic E-state index is 12.2. The van der Waals surface area contributed by atoms with E-state index >= 15 is 0 Å². The summed E-state index contributed by atoms with van der Waals surface area (Å²) in [6.45, 7) is 7.23. The van der Waals surface area contributed by atoms with Crippen LogP contribution in [-0.2, 0) is 0 Å². The zero-order valence-corrected chi connectivity index (χ0v) is 12.5. The first-order valence-electron chi connectivity index (χ1n) is 7.54. The van der Waals surface area contributed by atoms with Gasteiger partial charge in [0.25, 0.3) is 5.91 Å². The molecule has 0 spiro atoms. The summed E-state index contributed by atoms with van der Waals surface area (Å²) in [5.41, 5.74) is 0.388. The van der Waals surface area contributed by atoms with E-state index in [0.29, 0.717) is 17.4 Å². The Hall–Kier alpha value is -1.65. The van der Waals surface area contributed by atoms with E-state index in [1.54, 1.807) is 12.1 Å². The van der Waals surface area contributed by atoms with Gasteiger partial charge in [-0.2, -0.15) is 0 Å². The SMILES string of the molecule is CCNc1ccc(C(=O)NC2CCC(CC)C2C)nn1. The van der Waals surface area contributed by atoms with Gasteiger partial charge >= 0.3 is 0 Å². The van der Waals surface area contributed by atoms with Crippen molar-refractivity contribution in [2.45, 2.75) is 46.1 Å². The first kappa shape index (κ1) is 14.8. The highest BCUT2D eigenvalue weighted by Crippen LogP contribution is 2.33. The fraction of sp³-hybridized carbons (Fsp3) is 0.667. The number of hydrogen-bond acceptors (Lipinski definition) is 4. The van der Waals surface area contributed by atoms with Gasteiger partial charge in [-0.1, -0.05) is 20.3 Å². The fourth-order valence-corrected chi connectivity index (χ4v) is 3.00. The van der Waals surface area contributed by atoms with Crippen molar-refractivity contribution in [2.24, 2.45) is 11.8 Å². The summed E-state index contributed by atoms with van der Waals surface area (Å²) < 4.78 is 0. The molecule has 110 valence electrons.